The van der Waals surface area contributed by atoms with Crippen LogP contribution in [0.3, 0.4) is 0 Å². The van der Waals surface area contributed by atoms with E-state index in [1.807, 2.05) is 12.1 Å². The van der Waals surface area contributed by atoms with Crippen molar-refractivity contribution in [3.8, 4) is 0 Å². The monoisotopic (exact) mass is 202 g/mol. The Labute approximate surface area is 69.6 Å². The molecule has 1 aromatic carbocycles. The molecule has 0 atom stereocenters. The molecule has 0 unspecified atom stereocenters. The van der Waals surface area contributed by atoms with Crippen molar-refractivity contribution in [2.24, 2.45) is 0 Å². The Kier molecular flexibility index (Phi) is 4.65. The summed E-state index contributed by atoms with van der Waals surface area (Å²) in [6.45, 7) is 2.15. The van der Waals surface area contributed by atoms with Gasteiger partial charge in [-0.2, -0.15) is 35.9 Å². The molecule has 1 aromatic rings. The van der Waals surface area contributed by atoms with Crippen molar-refractivity contribution in [2.75, 3.05) is 0 Å². The summed E-state index contributed by atoms with van der Waals surface area (Å²) in [4.78, 5) is 0. The van der Waals surface area contributed by atoms with Gasteiger partial charge in [-0.25, -0.2) is 0 Å². The summed E-state index contributed by atoms with van der Waals surface area (Å²) < 4.78 is 0. The molecular formula is C8H9Tc-. The van der Waals surface area contributed by atoms with E-state index in [0.29, 0.717) is 0 Å². The summed E-state index contributed by atoms with van der Waals surface area (Å²) in [5.74, 6) is 0. The van der Waals surface area contributed by atoms with Gasteiger partial charge >= 0.3 is 0 Å². The Bertz CT molecular complexity index is 146. The average Bonchev–Trinajstić information content (AvgIpc) is 1.90. The fraction of sp³-hybridized carbons (Fsp3) is 0.250. The second-order valence-electron chi connectivity index (χ2n) is 1.76. The summed E-state index contributed by atoms with van der Waals surface area (Å²) in [6.07, 6.45) is 1.12. The van der Waals surface area contributed by atoms with Crippen LogP contribution < -0.4 is 0 Å². The molecule has 0 saturated heterocycles. The van der Waals surface area contributed by atoms with E-state index in [4.69, 9.17) is 0 Å². The van der Waals surface area contributed by atoms with Gasteiger partial charge < -0.3 is 0 Å². The first-order valence-corrected chi connectivity index (χ1v) is 2.88. The zero-order valence-corrected chi connectivity index (χ0v) is 7.25. The van der Waals surface area contributed by atoms with Crippen LogP contribution in [0.15, 0.2) is 24.3 Å². The predicted molar refractivity (Wildman–Crippen MR) is 34.7 cm³/mol. The molecule has 0 aliphatic heterocycles. The molecule has 0 bridgehead atoms. The van der Waals surface area contributed by atoms with Crippen LogP contribution in [0.25, 0.3) is 0 Å². The van der Waals surface area contributed by atoms with E-state index in [0.717, 1.165) is 6.42 Å². The van der Waals surface area contributed by atoms with Gasteiger partial charge in [-0.1, -0.05) is 13.3 Å². The SMILES string of the molecule is CCc1cc[c-]cc1.[Tc]. The number of aryl methyl sites for hydroxylation is 1. The largest absolute Gasteiger partial charge is 0.184 e. The van der Waals surface area contributed by atoms with E-state index in [1.54, 1.807) is 0 Å². The minimum atomic E-state index is 0. The molecular weight excluding hydrogens is 194 g/mol. The Balaban J connectivity index is 0.000000640. The van der Waals surface area contributed by atoms with E-state index in [-0.39, 0.29) is 20.1 Å². The van der Waals surface area contributed by atoms with Crippen molar-refractivity contribution in [2.45, 2.75) is 13.3 Å². The van der Waals surface area contributed by atoms with Crippen LogP contribution in [0.2, 0.25) is 0 Å². The molecule has 0 nitrogen and oxygen atoms in total. The summed E-state index contributed by atoms with van der Waals surface area (Å²) in [6, 6.07) is 11.0. The standard InChI is InChI=1S/C8H9.Tc/c1-2-8-6-4-3-5-7-8;/h4-7H,2H2,1H3;/q-1;. The third-order valence-electron chi connectivity index (χ3n) is 1.20. The van der Waals surface area contributed by atoms with Crippen LogP contribution >= 0.6 is 0 Å². The molecule has 0 heterocycles. The average molecular weight is 203 g/mol. The van der Waals surface area contributed by atoms with Crippen molar-refractivity contribution in [3.63, 3.8) is 0 Å². The van der Waals surface area contributed by atoms with Gasteiger partial charge in [-0.05, 0) is 0 Å². The Morgan fingerprint density at radius 1 is 1.33 bits per heavy atom. The molecule has 0 aliphatic carbocycles. The van der Waals surface area contributed by atoms with E-state index in [2.05, 4.69) is 25.1 Å². The van der Waals surface area contributed by atoms with Crippen LogP contribution in [0.1, 0.15) is 12.5 Å². The maximum atomic E-state index is 2.97. The molecule has 1 heteroatoms. The predicted octanol–water partition coefficient (Wildman–Crippen LogP) is 2.05. The van der Waals surface area contributed by atoms with E-state index in [1.165, 1.54) is 5.56 Å². The van der Waals surface area contributed by atoms with Gasteiger partial charge in [0.05, 0.1) is 0 Å². The molecule has 9 heavy (non-hydrogen) atoms. The van der Waals surface area contributed by atoms with E-state index < -0.39 is 0 Å². The van der Waals surface area contributed by atoms with Gasteiger partial charge in [0, 0.05) is 20.1 Å². The third kappa shape index (κ3) is 2.78. The topological polar surface area (TPSA) is 0 Å². The quantitative estimate of drug-likeness (QED) is 0.613. The maximum absolute atomic E-state index is 2.97. The number of hydrogen-bond donors (Lipinski definition) is 0. The minimum absolute atomic E-state index is 0. The number of rotatable bonds is 1. The van der Waals surface area contributed by atoms with Crippen molar-refractivity contribution in [3.05, 3.63) is 35.9 Å². The van der Waals surface area contributed by atoms with Crippen molar-refractivity contribution >= 4 is 0 Å². The Hall–Kier alpha value is -0.131. The first-order chi connectivity index (χ1) is 3.93. The van der Waals surface area contributed by atoms with Gasteiger partial charge in [-0.15, -0.1) is 0 Å². The third-order valence-corrected chi connectivity index (χ3v) is 1.20. The Morgan fingerprint density at radius 2 is 1.89 bits per heavy atom. The summed E-state index contributed by atoms with van der Waals surface area (Å²) >= 11 is 0. The molecule has 0 aliphatic rings. The summed E-state index contributed by atoms with van der Waals surface area (Å²) in [5, 5.41) is 0. The van der Waals surface area contributed by atoms with Crippen molar-refractivity contribution in [1.82, 2.24) is 0 Å². The molecule has 0 amide bonds. The van der Waals surface area contributed by atoms with Gasteiger partial charge in [0.1, 0.15) is 0 Å². The minimum Gasteiger partial charge on any atom is -0.184 e. The zero-order valence-electron chi connectivity index (χ0n) is 5.39. The van der Waals surface area contributed by atoms with E-state index in [9.17, 15) is 0 Å². The number of hydrogen-bond acceptors (Lipinski definition) is 0. The molecule has 1 rings (SSSR count). The van der Waals surface area contributed by atoms with Crippen LogP contribution in [0.4, 0.5) is 0 Å². The summed E-state index contributed by atoms with van der Waals surface area (Å²) in [5.41, 5.74) is 1.38. The molecule has 0 fully saturated rings. The Morgan fingerprint density at radius 3 is 2.22 bits per heavy atom. The van der Waals surface area contributed by atoms with Crippen LogP contribution in [-0.2, 0) is 26.5 Å². The van der Waals surface area contributed by atoms with Crippen molar-refractivity contribution < 1.29 is 20.1 Å². The molecule has 0 aromatic heterocycles. The van der Waals surface area contributed by atoms with Gasteiger partial charge in [0.15, 0.2) is 0 Å². The first-order valence-electron chi connectivity index (χ1n) is 2.88. The molecule has 0 N–H and O–H groups in total. The zero-order chi connectivity index (χ0) is 5.82. The molecule has 0 spiro atoms. The molecule has 1 radical (unpaired) electrons. The molecule has 0 saturated carbocycles. The fourth-order valence-electron chi connectivity index (χ4n) is 0.657. The maximum Gasteiger partial charge on any atom is 0 e. The van der Waals surface area contributed by atoms with Crippen LogP contribution in [0.5, 0.6) is 0 Å². The first kappa shape index (κ1) is 8.87. The van der Waals surface area contributed by atoms with Crippen molar-refractivity contribution in [1.29, 1.82) is 0 Å². The fourth-order valence-corrected chi connectivity index (χ4v) is 0.657. The van der Waals surface area contributed by atoms with Gasteiger partial charge in [0.2, 0.25) is 0 Å². The number of benzene rings is 1. The van der Waals surface area contributed by atoms with Gasteiger partial charge in [0.25, 0.3) is 0 Å². The molecule has 49 valence electrons. The second kappa shape index (κ2) is 4.72. The van der Waals surface area contributed by atoms with Crippen LogP contribution in [-0.4, -0.2) is 0 Å². The second-order valence-corrected chi connectivity index (χ2v) is 1.76. The van der Waals surface area contributed by atoms with Crippen LogP contribution in [0, 0.1) is 6.07 Å². The normalized spacial score (nSPS) is 8.11. The summed E-state index contributed by atoms with van der Waals surface area (Å²) in [7, 11) is 0. The van der Waals surface area contributed by atoms with Gasteiger partial charge in [-0.3, -0.25) is 0 Å². The smallest absolute Gasteiger partial charge is 0 e. The van der Waals surface area contributed by atoms with E-state index >= 15 is 0 Å².